The molecule has 0 bridgehead atoms. The molecule has 1 aliphatic rings. The predicted molar refractivity (Wildman–Crippen MR) is 118 cm³/mol. The van der Waals surface area contributed by atoms with E-state index in [1.54, 1.807) is 6.07 Å². The molecule has 0 aromatic heterocycles. The molecule has 0 unspecified atom stereocenters. The normalized spacial score (nSPS) is 13.4. The third-order valence-corrected chi connectivity index (χ3v) is 4.95. The van der Waals surface area contributed by atoms with Gasteiger partial charge in [-0.25, -0.2) is 4.79 Å². The molecule has 0 saturated carbocycles. The van der Waals surface area contributed by atoms with E-state index >= 15 is 0 Å². The molecule has 0 spiro atoms. The maximum atomic E-state index is 12.4. The molecular formula is C21H19ClN4O6. The van der Waals surface area contributed by atoms with Crippen LogP contribution in [0.2, 0.25) is 5.02 Å². The summed E-state index contributed by atoms with van der Waals surface area (Å²) in [5.74, 6) is -1.76. The Morgan fingerprint density at radius 2 is 1.97 bits per heavy atom. The average molecular weight is 459 g/mol. The topological polar surface area (TPSA) is 131 Å². The number of hydrazone groups is 1. The summed E-state index contributed by atoms with van der Waals surface area (Å²) in [6, 6.07) is 9.11. The number of benzene rings is 2. The first-order chi connectivity index (χ1) is 15.2. The molecular weight excluding hydrogens is 440 g/mol. The van der Waals surface area contributed by atoms with E-state index in [1.165, 1.54) is 17.1 Å². The summed E-state index contributed by atoms with van der Waals surface area (Å²) in [6.07, 6.45) is 0.167. The molecule has 0 atom stereocenters. The second-order valence-electron chi connectivity index (χ2n) is 7.09. The van der Waals surface area contributed by atoms with Crippen molar-refractivity contribution in [3.8, 4) is 0 Å². The zero-order valence-corrected chi connectivity index (χ0v) is 18.0. The van der Waals surface area contributed by atoms with Gasteiger partial charge < -0.3 is 10.1 Å². The van der Waals surface area contributed by atoms with Crippen molar-refractivity contribution < 1.29 is 24.0 Å². The minimum Gasteiger partial charge on any atom is -0.451 e. The molecule has 1 N–H and O–H groups in total. The summed E-state index contributed by atoms with van der Waals surface area (Å²) in [7, 11) is 0. The third-order valence-electron chi connectivity index (χ3n) is 4.63. The Balaban J connectivity index is 1.65. The Labute approximate surface area is 187 Å². The fourth-order valence-corrected chi connectivity index (χ4v) is 3.18. The van der Waals surface area contributed by atoms with E-state index in [4.69, 9.17) is 16.3 Å². The van der Waals surface area contributed by atoms with Crippen LogP contribution in [0.4, 0.5) is 17.1 Å². The Bertz CT molecular complexity index is 1150. The highest BCUT2D eigenvalue weighted by molar-refractivity contribution is 6.38. The summed E-state index contributed by atoms with van der Waals surface area (Å²) in [4.78, 5) is 47.0. The molecule has 166 valence electrons. The third kappa shape index (κ3) is 5.27. The minimum atomic E-state index is -0.822. The van der Waals surface area contributed by atoms with Crippen LogP contribution in [0, 0.1) is 24.0 Å². The van der Waals surface area contributed by atoms with Crippen molar-refractivity contribution in [1.82, 2.24) is 0 Å². The monoisotopic (exact) mass is 458 g/mol. The van der Waals surface area contributed by atoms with E-state index in [-0.39, 0.29) is 40.9 Å². The molecule has 11 heteroatoms. The molecule has 1 heterocycles. The number of ether oxygens (including phenoxy) is 1. The van der Waals surface area contributed by atoms with Crippen LogP contribution >= 0.6 is 11.6 Å². The Hall–Kier alpha value is -3.79. The predicted octanol–water partition coefficient (Wildman–Crippen LogP) is 3.53. The lowest BCUT2D eigenvalue weighted by Gasteiger charge is -2.24. The van der Waals surface area contributed by atoms with E-state index < -0.39 is 23.4 Å². The minimum absolute atomic E-state index is 0.0201. The van der Waals surface area contributed by atoms with Gasteiger partial charge in [0.2, 0.25) is 5.91 Å². The SMILES string of the molecule is Cc1ccc(C)c(N2N=C(C(=O)OCC(=O)Nc3ccc([N+](=O)[O-])cc3Cl)CCC2=O)c1. The number of nitro groups is 1. The maximum absolute atomic E-state index is 12.4. The van der Waals surface area contributed by atoms with Gasteiger partial charge in [0.05, 0.1) is 21.3 Å². The molecule has 10 nitrogen and oxygen atoms in total. The van der Waals surface area contributed by atoms with Crippen LogP contribution in [0.15, 0.2) is 41.5 Å². The standard InChI is InChI=1S/C21H19ClN4O6/c1-12-3-4-13(2)18(9-12)25-20(28)8-7-17(24-25)21(29)32-11-19(27)23-16-6-5-14(26(30)31)10-15(16)22/h3-6,9-10H,7-8,11H2,1-2H3,(H,23,27). The highest BCUT2D eigenvalue weighted by atomic mass is 35.5. The molecule has 0 fully saturated rings. The lowest BCUT2D eigenvalue weighted by Crippen LogP contribution is -2.36. The number of rotatable bonds is 6. The van der Waals surface area contributed by atoms with Crippen LogP contribution in [-0.2, 0) is 19.1 Å². The van der Waals surface area contributed by atoms with Crippen molar-refractivity contribution in [3.63, 3.8) is 0 Å². The van der Waals surface area contributed by atoms with Crippen molar-refractivity contribution in [3.05, 3.63) is 62.7 Å². The van der Waals surface area contributed by atoms with E-state index in [1.807, 2.05) is 26.0 Å². The number of nitrogens with zero attached hydrogens (tertiary/aromatic N) is 3. The van der Waals surface area contributed by atoms with Gasteiger partial charge in [-0.1, -0.05) is 23.7 Å². The van der Waals surface area contributed by atoms with Crippen LogP contribution in [0.3, 0.4) is 0 Å². The fourth-order valence-electron chi connectivity index (χ4n) is 2.96. The van der Waals surface area contributed by atoms with Crippen molar-refractivity contribution in [2.24, 2.45) is 5.10 Å². The Morgan fingerprint density at radius 1 is 1.22 bits per heavy atom. The van der Waals surface area contributed by atoms with Crippen molar-refractivity contribution in [2.45, 2.75) is 26.7 Å². The summed E-state index contributed by atoms with van der Waals surface area (Å²) in [6.45, 7) is 3.09. The lowest BCUT2D eigenvalue weighted by molar-refractivity contribution is -0.384. The van der Waals surface area contributed by atoms with E-state index in [9.17, 15) is 24.5 Å². The van der Waals surface area contributed by atoms with Gasteiger partial charge in [-0.05, 0) is 37.1 Å². The summed E-state index contributed by atoms with van der Waals surface area (Å²) < 4.78 is 5.02. The number of esters is 1. The molecule has 32 heavy (non-hydrogen) atoms. The number of halogens is 1. The number of hydrogen-bond acceptors (Lipinski definition) is 7. The zero-order valence-electron chi connectivity index (χ0n) is 17.3. The zero-order chi connectivity index (χ0) is 23.4. The molecule has 2 amide bonds. The number of anilines is 2. The number of aryl methyl sites for hydroxylation is 2. The van der Waals surface area contributed by atoms with Gasteiger partial charge in [0.1, 0.15) is 5.71 Å². The second kappa shape index (κ2) is 9.56. The highest BCUT2D eigenvalue weighted by Crippen LogP contribution is 2.27. The van der Waals surface area contributed by atoms with Crippen LogP contribution in [0.25, 0.3) is 0 Å². The number of nitro benzene ring substituents is 1. The number of hydrogen-bond donors (Lipinski definition) is 1. The molecule has 0 radical (unpaired) electrons. The Kier molecular flexibility index (Phi) is 6.84. The first kappa shape index (κ1) is 22.9. The van der Waals surface area contributed by atoms with Crippen molar-refractivity contribution >= 4 is 52.2 Å². The quantitative estimate of drug-likeness (QED) is 0.400. The fraction of sp³-hybridized carbons (Fsp3) is 0.238. The van der Waals surface area contributed by atoms with Crippen molar-refractivity contribution in [2.75, 3.05) is 16.9 Å². The van der Waals surface area contributed by atoms with Crippen LogP contribution < -0.4 is 10.3 Å². The number of amides is 2. The van der Waals surface area contributed by atoms with Gasteiger partial charge in [-0.15, -0.1) is 0 Å². The number of carbonyl (C=O) groups is 3. The van der Waals surface area contributed by atoms with Gasteiger partial charge in [-0.2, -0.15) is 10.1 Å². The number of nitrogens with one attached hydrogen (secondary N) is 1. The molecule has 2 aromatic carbocycles. The first-order valence-electron chi connectivity index (χ1n) is 9.54. The summed E-state index contributed by atoms with van der Waals surface area (Å²) >= 11 is 5.93. The highest BCUT2D eigenvalue weighted by Gasteiger charge is 2.27. The molecule has 2 aromatic rings. The molecule has 3 rings (SSSR count). The summed E-state index contributed by atoms with van der Waals surface area (Å²) in [5, 5.41) is 18.5. The van der Waals surface area contributed by atoms with Gasteiger partial charge in [0.25, 0.3) is 11.6 Å². The second-order valence-corrected chi connectivity index (χ2v) is 7.49. The van der Waals surface area contributed by atoms with Gasteiger partial charge in [0.15, 0.2) is 6.61 Å². The molecule has 0 aliphatic carbocycles. The number of carbonyl (C=O) groups excluding carboxylic acids is 3. The number of non-ortho nitro benzene ring substituents is 1. The van der Waals surface area contributed by atoms with E-state index in [0.717, 1.165) is 17.2 Å². The van der Waals surface area contributed by atoms with Crippen molar-refractivity contribution in [1.29, 1.82) is 0 Å². The maximum Gasteiger partial charge on any atom is 0.355 e. The van der Waals surface area contributed by atoms with Crippen LogP contribution in [0.5, 0.6) is 0 Å². The van der Waals surface area contributed by atoms with Gasteiger partial charge in [0, 0.05) is 25.0 Å². The Morgan fingerprint density at radius 3 is 2.66 bits per heavy atom. The van der Waals surface area contributed by atoms with Crippen LogP contribution in [-0.4, -0.2) is 35.0 Å². The largest absolute Gasteiger partial charge is 0.451 e. The van der Waals surface area contributed by atoms with E-state index in [0.29, 0.717) is 5.69 Å². The molecule has 0 saturated heterocycles. The van der Waals surface area contributed by atoms with E-state index in [2.05, 4.69) is 10.4 Å². The molecule has 1 aliphatic heterocycles. The van der Waals surface area contributed by atoms with Gasteiger partial charge in [-0.3, -0.25) is 19.7 Å². The average Bonchev–Trinajstić information content (AvgIpc) is 2.75. The van der Waals surface area contributed by atoms with Gasteiger partial charge >= 0.3 is 5.97 Å². The first-order valence-corrected chi connectivity index (χ1v) is 9.92. The van der Waals surface area contributed by atoms with Crippen LogP contribution in [0.1, 0.15) is 24.0 Å². The summed E-state index contributed by atoms with van der Waals surface area (Å²) in [5.41, 5.74) is 2.27. The smallest absolute Gasteiger partial charge is 0.355 e. The lowest BCUT2D eigenvalue weighted by atomic mass is 10.1.